The van der Waals surface area contributed by atoms with E-state index < -0.39 is 5.97 Å². The molecule has 0 saturated heterocycles. The van der Waals surface area contributed by atoms with Crippen LogP contribution in [0.15, 0.2) is 82.7 Å². The van der Waals surface area contributed by atoms with Gasteiger partial charge in [0.05, 0.1) is 29.6 Å². The summed E-state index contributed by atoms with van der Waals surface area (Å²) < 4.78 is 1.83. The van der Waals surface area contributed by atoms with Crippen LogP contribution in [-0.4, -0.2) is 37.5 Å². The Kier molecular flexibility index (Phi) is 6.29. The summed E-state index contributed by atoms with van der Waals surface area (Å²) in [6.07, 6.45) is 2.13. The van der Waals surface area contributed by atoms with Gasteiger partial charge in [-0.15, -0.1) is 0 Å². The highest BCUT2D eigenvalue weighted by Gasteiger charge is 2.36. The molecule has 2 aromatic carbocycles. The first-order valence-corrected chi connectivity index (χ1v) is 12.3. The van der Waals surface area contributed by atoms with Gasteiger partial charge in [-0.3, -0.25) is 9.59 Å². The molecule has 4 aromatic rings. The maximum absolute atomic E-state index is 13.2. The predicted octanol–water partition coefficient (Wildman–Crippen LogP) is 5.45. The number of hydrogen-bond donors (Lipinski definition) is 1. The van der Waals surface area contributed by atoms with Crippen LogP contribution in [0.4, 0.5) is 0 Å². The number of para-hydroxylation sites is 1. The number of aromatic nitrogens is 2. The third kappa shape index (κ3) is 4.79. The van der Waals surface area contributed by atoms with Crippen LogP contribution in [-0.2, 0) is 9.59 Å². The van der Waals surface area contributed by atoms with Crippen LogP contribution >= 0.6 is 11.3 Å². The zero-order valence-corrected chi connectivity index (χ0v) is 20.0. The average Bonchev–Trinajstić information content (AvgIpc) is 3.62. The highest BCUT2D eigenvalue weighted by atomic mass is 32.1. The van der Waals surface area contributed by atoms with E-state index in [4.69, 9.17) is 10.2 Å². The van der Waals surface area contributed by atoms with Gasteiger partial charge in [0.15, 0.2) is 0 Å². The molecule has 1 atom stereocenters. The van der Waals surface area contributed by atoms with Gasteiger partial charge in [0, 0.05) is 35.7 Å². The Morgan fingerprint density at radius 3 is 2.60 bits per heavy atom. The second kappa shape index (κ2) is 9.68. The summed E-state index contributed by atoms with van der Waals surface area (Å²) in [6, 6.07) is 19.5. The molecule has 1 amide bonds. The highest BCUT2D eigenvalue weighted by molar-refractivity contribution is 7.08. The summed E-state index contributed by atoms with van der Waals surface area (Å²) >= 11 is 1.57. The van der Waals surface area contributed by atoms with Crippen molar-refractivity contribution in [1.29, 1.82) is 0 Å². The number of hydrazone groups is 1. The fourth-order valence-electron chi connectivity index (χ4n) is 4.27. The number of benzene rings is 2. The number of carboxylic acids is 1. The fourth-order valence-corrected chi connectivity index (χ4v) is 4.94. The van der Waals surface area contributed by atoms with Crippen LogP contribution in [0, 0.1) is 6.92 Å². The number of carbonyl (C=O) groups excluding carboxylic acids is 1. The van der Waals surface area contributed by atoms with E-state index in [0.29, 0.717) is 6.42 Å². The van der Waals surface area contributed by atoms with E-state index in [9.17, 15) is 9.59 Å². The summed E-state index contributed by atoms with van der Waals surface area (Å²) in [4.78, 5) is 24.3. The van der Waals surface area contributed by atoms with Crippen molar-refractivity contribution in [2.24, 2.45) is 5.10 Å². The van der Waals surface area contributed by atoms with Crippen molar-refractivity contribution in [3.8, 4) is 16.9 Å². The van der Waals surface area contributed by atoms with Gasteiger partial charge >= 0.3 is 5.97 Å². The molecular weight excluding hydrogens is 460 g/mol. The van der Waals surface area contributed by atoms with Crippen molar-refractivity contribution >= 4 is 28.9 Å². The molecule has 5 rings (SSSR count). The van der Waals surface area contributed by atoms with Gasteiger partial charge in [0.2, 0.25) is 5.91 Å². The molecule has 35 heavy (non-hydrogen) atoms. The lowest BCUT2D eigenvalue weighted by Crippen LogP contribution is -2.27. The molecule has 2 aromatic heterocycles. The molecule has 0 aliphatic carbocycles. The number of rotatable bonds is 7. The van der Waals surface area contributed by atoms with Gasteiger partial charge in [0.1, 0.15) is 0 Å². The lowest BCUT2D eigenvalue weighted by atomic mass is 9.96. The van der Waals surface area contributed by atoms with Gasteiger partial charge in [-0.2, -0.15) is 21.5 Å². The van der Waals surface area contributed by atoms with Gasteiger partial charge in [-0.1, -0.05) is 42.0 Å². The van der Waals surface area contributed by atoms with Crippen molar-refractivity contribution in [2.75, 3.05) is 0 Å². The Morgan fingerprint density at radius 1 is 1.06 bits per heavy atom. The predicted molar refractivity (Wildman–Crippen MR) is 136 cm³/mol. The monoisotopic (exact) mass is 484 g/mol. The van der Waals surface area contributed by atoms with Crippen LogP contribution in [0.25, 0.3) is 16.9 Å². The minimum absolute atomic E-state index is 0.112. The van der Waals surface area contributed by atoms with E-state index in [-0.39, 0.29) is 24.8 Å². The Morgan fingerprint density at radius 2 is 1.89 bits per heavy atom. The summed E-state index contributed by atoms with van der Waals surface area (Å²) in [5.41, 5.74) is 6.41. The molecule has 176 valence electrons. The van der Waals surface area contributed by atoms with Crippen LogP contribution < -0.4 is 0 Å². The normalized spacial score (nSPS) is 15.3. The first-order valence-electron chi connectivity index (χ1n) is 11.4. The van der Waals surface area contributed by atoms with Crippen molar-refractivity contribution < 1.29 is 14.7 Å². The quantitative estimate of drug-likeness (QED) is 0.378. The van der Waals surface area contributed by atoms with Gasteiger partial charge in [0.25, 0.3) is 0 Å². The fraction of sp³-hybridized carbons (Fsp3) is 0.185. The van der Waals surface area contributed by atoms with Crippen molar-refractivity contribution in [3.63, 3.8) is 0 Å². The number of hydrogen-bond acceptors (Lipinski definition) is 5. The van der Waals surface area contributed by atoms with Crippen LogP contribution in [0.2, 0.25) is 0 Å². The van der Waals surface area contributed by atoms with Crippen molar-refractivity contribution in [1.82, 2.24) is 14.8 Å². The van der Waals surface area contributed by atoms with Crippen LogP contribution in [0.5, 0.6) is 0 Å². The van der Waals surface area contributed by atoms with Gasteiger partial charge in [-0.05, 0) is 41.9 Å². The summed E-state index contributed by atoms with van der Waals surface area (Å²) in [7, 11) is 0. The number of thiophene rings is 1. The molecule has 8 heteroatoms. The zero-order chi connectivity index (χ0) is 24.4. The topological polar surface area (TPSA) is 87.8 Å². The average molecular weight is 485 g/mol. The Hall–Kier alpha value is -4.04. The number of carbonyl (C=O) groups is 2. The lowest BCUT2D eigenvalue weighted by molar-refractivity contribution is -0.141. The number of nitrogens with zero attached hydrogens (tertiary/aromatic N) is 4. The smallest absolute Gasteiger partial charge is 0.303 e. The first-order chi connectivity index (χ1) is 17.0. The molecular formula is C27H24N4O3S. The largest absolute Gasteiger partial charge is 0.481 e. The zero-order valence-electron chi connectivity index (χ0n) is 19.2. The number of carboxylic acid groups (broad SMARTS) is 1. The van der Waals surface area contributed by atoms with Gasteiger partial charge < -0.3 is 5.11 Å². The molecule has 0 bridgehead atoms. The molecule has 0 unspecified atom stereocenters. The van der Waals surface area contributed by atoms with Crippen LogP contribution in [0.1, 0.15) is 42.0 Å². The van der Waals surface area contributed by atoms with Crippen molar-refractivity contribution in [3.05, 3.63) is 94.3 Å². The standard InChI is InChI=1S/C27H24N4O3S/c1-18-6-5-7-19(14-18)27-22(16-30(29-27)21-8-3-2-4-9-21)24-15-23(20-12-13-35-17-20)28-31(24)25(32)10-11-26(33)34/h2-9,12-14,16-17,24H,10-11,15H2,1H3,(H,33,34)/t24-/m1/s1. The molecule has 1 N–H and O–H groups in total. The van der Waals surface area contributed by atoms with Crippen molar-refractivity contribution in [2.45, 2.75) is 32.2 Å². The summed E-state index contributed by atoms with van der Waals surface area (Å²) in [5, 5.41) is 24.2. The minimum Gasteiger partial charge on any atom is -0.481 e. The highest BCUT2D eigenvalue weighted by Crippen LogP contribution is 2.39. The summed E-state index contributed by atoms with van der Waals surface area (Å²) in [6.45, 7) is 2.03. The number of aryl methyl sites for hydroxylation is 1. The molecule has 3 heterocycles. The van der Waals surface area contributed by atoms with E-state index in [1.165, 1.54) is 5.01 Å². The van der Waals surface area contributed by atoms with Gasteiger partial charge in [-0.25, -0.2) is 9.69 Å². The molecule has 0 spiro atoms. The molecule has 1 aliphatic rings. The maximum Gasteiger partial charge on any atom is 0.303 e. The first kappa shape index (κ1) is 22.7. The molecule has 1 aliphatic heterocycles. The Labute approximate surface area is 207 Å². The second-order valence-electron chi connectivity index (χ2n) is 8.49. The van der Waals surface area contributed by atoms with E-state index in [0.717, 1.165) is 39.3 Å². The van der Waals surface area contributed by atoms with Crippen LogP contribution in [0.3, 0.4) is 0 Å². The Bertz CT molecular complexity index is 1390. The third-order valence-electron chi connectivity index (χ3n) is 5.99. The minimum atomic E-state index is -1.01. The third-order valence-corrected chi connectivity index (χ3v) is 6.67. The van der Waals surface area contributed by atoms with E-state index in [2.05, 4.69) is 11.2 Å². The molecule has 7 nitrogen and oxygen atoms in total. The summed E-state index contributed by atoms with van der Waals surface area (Å²) in [5.74, 6) is -1.32. The number of amides is 1. The molecule has 0 fully saturated rings. The number of aliphatic carboxylic acids is 1. The second-order valence-corrected chi connectivity index (χ2v) is 9.27. The van der Waals surface area contributed by atoms with E-state index in [1.807, 2.05) is 83.2 Å². The lowest BCUT2D eigenvalue weighted by Gasteiger charge is -2.21. The van der Waals surface area contributed by atoms with E-state index in [1.54, 1.807) is 11.3 Å². The SMILES string of the molecule is Cc1cccc(-c2nn(-c3ccccc3)cc2[C@H]2CC(c3ccsc3)=NN2C(=O)CCC(=O)O)c1. The Balaban J connectivity index is 1.60. The maximum atomic E-state index is 13.2. The molecule has 0 saturated carbocycles. The van der Waals surface area contributed by atoms with E-state index >= 15 is 0 Å². The molecule has 0 radical (unpaired) electrons.